The molecule has 2 atom stereocenters. The van der Waals surface area contributed by atoms with Gasteiger partial charge in [-0.15, -0.1) is 12.4 Å². The summed E-state index contributed by atoms with van der Waals surface area (Å²) in [7, 11) is 0. The first-order chi connectivity index (χ1) is 7.40. The van der Waals surface area contributed by atoms with Gasteiger partial charge < -0.3 is 11.1 Å². The molecule has 0 fully saturated rings. The van der Waals surface area contributed by atoms with Gasteiger partial charge in [-0.1, -0.05) is 13.0 Å². The minimum absolute atomic E-state index is 0. The van der Waals surface area contributed by atoms with Gasteiger partial charge in [0.05, 0.1) is 5.92 Å². The third-order valence-corrected chi connectivity index (χ3v) is 2.69. The van der Waals surface area contributed by atoms with Gasteiger partial charge >= 0.3 is 0 Å². The molecule has 1 amide bonds. The molecule has 3 nitrogen and oxygen atoms in total. The van der Waals surface area contributed by atoms with E-state index in [1.165, 1.54) is 0 Å². The number of halogens is 1. The lowest BCUT2D eigenvalue weighted by molar-refractivity contribution is -0.119. The minimum atomic E-state index is -0.180. The number of hydrogen-bond acceptors (Lipinski definition) is 2. The van der Waals surface area contributed by atoms with E-state index in [-0.39, 0.29) is 30.3 Å². The molecule has 3 N–H and O–H groups in total. The summed E-state index contributed by atoms with van der Waals surface area (Å²) in [6, 6.07) is 5.85. The van der Waals surface area contributed by atoms with E-state index in [0.717, 1.165) is 16.8 Å². The average Bonchev–Trinajstić information content (AvgIpc) is 2.14. The Kier molecular flexibility index (Phi) is 6.21. The van der Waals surface area contributed by atoms with Crippen molar-refractivity contribution in [3.05, 3.63) is 29.3 Å². The topological polar surface area (TPSA) is 55.1 Å². The molecular weight excluding hydrogens is 236 g/mol. The molecule has 0 bridgehead atoms. The first-order valence-corrected chi connectivity index (χ1v) is 5.55. The van der Waals surface area contributed by atoms with Gasteiger partial charge in [-0.2, -0.15) is 0 Å². The van der Waals surface area contributed by atoms with Crippen LogP contribution in [0.5, 0.6) is 0 Å². The number of carbonyl (C=O) groups is 1. The molecule has 1 aromatic carbocycles. The Morgan fingerprint density at radius 1 is 1.18 bits per heavy atom. The van der Waals surface area contributed by atoms with Crippen LogP contribution in [-0.4, -0.2) is 11.9 Å². The molecule has 0 aromatic heterocycles. The molecule has 0 saturated carbocycles. The lowest BCUT2D eigenvalue weighted by Gasteiger charge is -2.15. The van der Waals surface area contributed by atoms with Crippen molar-refractivity contribution in [1.82, 2.24) is 0 Å². The van der Waals surface area contributed by atoms with E-state index in [4.69, 9.17) is 5.73 Å². The van der Waals surface area contributed by atoms with E-state index >= 15 is 0 Å². The highest BCUT2D eigenvalue weighted by atomic mass is 35.5. The molecule has 0 spiro atoms. The lowest BCUT2D eigenvalue weighted by atomic mass is 10.0. The molecule has 1 rings (SSSR count). The highest BCUT2D eigenvalue weighted by Gasteiger charge is 2.16. The predicted octanol–water partition coefficient (Wildman–Crippen LogP) is 2.65. The number of hydrogen-bond donors (Lipinski definition) is 2. The van der Waals surface area contributed by atoms with Crippen LogP contribution < -0.4 is 11.1 Å². The van der Waals surface area contributed by atoms with Crippen molar-refractivity contribution in [3.63, 3.8) is 0 Å². The van der Waals surface area contributed by atoms with Crippen molar-refractivity contribution in [1.29, 1.82) is 0 Å². The Hall–Kier alpha value is -1.06. The van der Waals surface area contributed by atoms with Crippen LogP contribution in [0.3, 0.4) is 0 Å². The molecule has 0 radical (unpaired) electrons. The number of nitrogens with one attached hydrogen (secondary N) is 1. The van der Waals surface area contributed by atoms with E-state index in [1.807, 2.05) is 39.8 Å². The van der Waals surface area contributed by atoms with Gasteiger partial charge in [-0.25, -0.2) is 0 Å². The normalized spacial score (nSPS) is 13.5. The molecule has 96 valence electrons. The smallest absolute Gasteiger partial charge is 0.228 e. The fourth-order valence-electron chi connectivity index (χ4n) is 1.54. The molecule has 17 heavy (non-hydrogen) atoms. The van der Waals surface area contributed by atoms with Crippen molar-refractivity contribution >= 4 is 24.0 Å². The van der Waals surface area contributed by atoms with Gasteiger partial charge in [0.2, 0.25) is 5.91 Å². The Labute approximate surface area is 109 Å². The second-order valence-electron chi connectivity index (χ2n) is 4.51. The van der Waals surface area contributed by atoms with Crippen LogP contribution in [-0.2, 0) is 4.79 Å². The van der Waals surface area contributed by atoms with Crippen LogP contribution in [0.2, 0.25) is 0 Å². The highest BCUT2D eigenvalue weighted by Crippen LogP contribution is 2.15. The monoisotopic (exact) mass is 256 g/mol. The van der Waals surface area contributed by atoms with Gasteiger partial charge in [-0.05, 0) is 44.0 Å². The standard InChI is InChI=1S/C13H20N2O.ClH/c1-8-5-9(2)7-12(6-8)15-13(16)10(3)11(4)14;/h5-7,10-11H,14H2,1-4H3,(H,15,16);1H. The van der Waals surface area contributed by atoms with Crippen molar-refractivity contribution in [2.45, 2.75) is 33.7 Å². The number of aryl methyl sites for hydroxylation is 2. The molecule has 0 aliphatic rings. The van der Waals surface area contributed by atoms with Crippen molar-refractivity contribution < 1.29 is 4.79 Å². The van der Waals surface area contributed by atoms with Gasteiger partial charge in [0, 0.05) is 11.7 Å². The van der Waals surface area contributed by atoms with E-state index in [9.17, 15) is 4.79 Å². The number of nitrogens with two attached hydrogens (primary N) is 1. The molecule has 0 heterocycles. The summed E-state index contributed by atoms with van der Waals surface area (Å²) in [4.78, 5) is 11.8. The maximum Gasteiger partial charge on any atom is 0.228 e. The summed E-state index contributed by atoms with van der Waals surface area (Å²) in [5.41, 5.74) is 8.82. The quantitative estimate of drug-likeness (QED) is 0.874. The summed E-state index contributed by atoms with van der Waals surface area (Å²) < 4.78 is 0. The third-order valence-electron chi connectivity index (χ3n) is 2.69. The SMILES string of the molecule is Cc1cc(C)cc(NC(=O)C(C)C(C)N)c1.Cl. The molecule has 1 aromatic rings. The Morgan fingerprint density at radius 3 is 2.06 bits per heavy atom. The summed E-state index contributed by atoms with van der Waals surface area (Å²) in [6.07, 6.45) is 0. The van der Waals surface area contributed by atoms with Crippen LogP contribution in [0.25, 0.3) is 0 Å². The number of carbonyl (C=O) groups excluding carboxylic acids is 1. The minimum Gasteiger partial charge on any atom is -0.327 e. The largest absolute Gasteiger partial charge is 0.327 e. The van der Waals surface area contributed by atoms with Crippen LogP contribution in [0, 0.1) is 19.8 Å². The number of amides is 1. The van der Waals surface area contributed by atoms with Crippen molar-refractivity contribution in [2.24, 2.45) is 11.7 Å². The second-order valence-corrected chi connectivity index (χ2v) is 4.51. The van der Waals surface area contributed by atoms with E-state index < -0.39 is 0 Å². The van der Waals surface area contributed by atoms with E-state index in [2.05, 4.69) is 11.4 Å². The fraction of sp³-hybridized carbons (Fsp3) is 0.462. The first-order valence-electron chi connectivity index (χ1n) is 5.55. The first kappa shape index (κ1) is 15.9. The van der Waals surface area contributed by atoms with Crippen LogP contribution in [0.4, 0.5) is 5.69 Å². The molecule has 0 aliphatic carbocycles. The van der Waals surface area contributed by atoms with Crippen molar-refractivity contribution in [2.75, 3.05) is 5.32 Å². The summed E-state index contributed by atoms with van der Waals surface area (Å²) in [5, 5.41) is 2.89. The number of anilines is 1. The van der Waals surface area contributed by atoms with Gasteiger partial charge in [0.1, 0.15) is 0 Å². The van der Waals surface area contributed by atoms with Crippen LogP contribution in [0.1, 0.15) is 25.0 Å². The molecule has 0 saturated heterocycles. The summed E-state index contributed by atoms with van der Waals surface area (Å²) in [5.74, 6) is -0.208. The molecule has 0 aliphatic heterocycles. The van der Waals surface area contributed by atoms with Gasteiger partial charge in [0.15, 0.2) is 0 Å². The van der Waals surface area contributed by atoms with Gasteiger partial charge in [-0.3, -0.25) is 4.79 Å². The zero-order valence-corrected chi connectivity index (χ0v) is 11.6. The Morgan fingerprint density at radius 2 is 1.65 bits per heavy atom. The molecule has 4 heteroatoms. The average molecular weight is 257 g/mol. The summed E-state index contributed by atoms with van der Waals surface area (Å²) >= 11 is 0. The van der Waals surface area contributed by atoms with E-state index in [1.54, 1.807) is 0 Å². The van der Waals surface area contributed by atoms with Crippen molar-refractivity contribution in [3.8, 4) is 0 Å². The maximum atomic E-state index is 11.8. The zero-order valence-electron chi connectivity index (χ0n) is 10.8. The molecule has 2 unspecified atom stereocenters. The zero-order chi connectivity index (χ0) is 12.3. The maximum absolute atomic E-state index is 11.8. The van der Waals surface area contributed by atoms with E-state index in [0.29, 0.717) is 0 Å². The van der Waals surface area contributed by atoms with Crippen LogP contribution >= 0.6 is 12.4 Å². The van der Waals surface area contributed by atoms with Crippen LogP contribution in [0.15, 0.2) is 18.2 Å². The molecular formula is C13H21ClN2O. The Bertz CT molecular complexity index is 371. The number of rotatable bonds is 3. The number of benzene rings is 1. The fourth-order valence-corrected chi connectivity index (χ4v) is 1.54. The Balaban J connectivity index is 0.00000256. The lowest BCUT2D eigenvalue weighted by Crippen LogP contribution is -2.34. The predicted molar refractivity (Wildman–Crippen MR) is 74.6 cm³/mol. The highest BCUT2D eigenvalue weighted by molar-refractivity contribution is 5.92. The van der Waals surface area contributed by atoms with Gasteiger partial charge in [0.25, 0.3) is 0 Å². The second kappa shape index (κ2) is 6.62. The summed E-state index contributed by atoms with van der Waals surface area (Å²) in [6.45, 7) is 7.70. The third kappa shape index (κ3) is 4.75.